The number of likely N-dealkylation sites (tertiary alicyclic amines) is 1. The summed E-state index contributed by atoms with van der Waals surface area (Å²) in [4.78, 5) is 26.5. The van der Waals surface area contributed by atoms with Gasteiger partial charge in [0, 0.05) is 25.2 Å². The van der Waals surface area contributed by atoms with Crippen LogP contribution in [0.1, 0.15) is 25.7 Å². The molecule has 0 spiro atoms. The monoisotopic (exact) mass is 290 g/mol. The van der Waals surface area contributed by atoms with Crippen LogP contribution in [0, 0.1) is 23.7 Å². The molecule has 0 aromatic carbocycles. The maximum Gasteiger partial charge on any atom is 0.307 e. The minimum atomic E-state index is -0.821. The van der Waals surface area contributed by atoms with Crippen LogP contribution in [0.2, 0.25) is 0 Å². The van der Waals surface area contributed by atoms with E-state index in [-0.39, 0.29) is 29.7 Å². The maximum atomic E-state index is 12.6. The van der Waals surface area contributed by atoms with Gasteiger partial charge in [0.1, 0.15) is 0 Å². The van der Waals surface area contributed by atoms with Crippen LogP contribution in [0.3, 0.4) is 0 Å². The number of allylic oxidation sites excluding steroid dienone is 2. The van der Waals surface area contributed by atoms with E-state index >= 15 is 0 Å². The first kappa shape index (κ1) is 13.3. The predicted molar refractivity (Wildman–Crippen MR) is 76.5 cm³/mol. The number of nitrogens with one attached hydrogen (secondary N) is 1. The summed E-state index contributed by atoms with van der Waals surface area (Å²) >= 11 is 0. The maximum absolute atomic E-state index is 12.6. The van der Waals surface area contributed by atoms with Crippen molar-refractivity contribution in [3.8, 4) is 0 Å². The molecule has 2 bridgehead atoms. The summed E-state index contributed by atoms with van der Waals surface area (Å²) in [6.07, 6.45) is 8.43. The molecule has 3 aliphatic carbocycles. The topological polar surface area (TPSA) is 69.6 Å². The molecule has 4 rings (SSSR count). The number of fused-ring (bicyclic) bond motifs is 2. The normalized spacial score (nSPS) is 41.6. The molecule has 21 heavy (non-hydrogen) atoms. The average Bonchev–Trinajstić information content (AvgIpc) is 2.88. The molecule has 114 valence electrons. The Labute approximate surface area is 124 Å². The summed E-state index contributed by atoms with van der Waals surface area (Å²) in [6, 6.07) is 0.944. The lowest BCUT2D eigenvalue weighted by atomic mass is 9.82. The number of hydrogen-bond acceptors (Lipinski definition) is 3. The van der Waals surface area contributed by atoms with E-state index in [0.717, 1.165) is 32.0 Å². The fourth-order valence-electron chi connectivity index (χ4n) is 4.49. The number of carbonyl (C=O) groups excluding carboxylic acids is 1. The summed E-state index contributed by atoms with van der Waals surface area (Å²) in [5.74, 6) is -1.58. The van der Waals surface area contributed by atoms with Crippen molar-refractivity contribution in [1.29, 1.82) is 0 Å². The molecule has 1 heterocycles. The first-order valence-electron chi connectivity index (χ1n) is 8.09. The van der Waals surface area contributed by atoms with Crippen molar-refractivity contribution in [2.24, 2.45) is 23.7 Å². The van der Waals surface area contributed by atoms with Crippen LogP contribution in [0.15, 0.2) is 12.2 Å². The highest BCUT2D eigenvalue weighted by molar-refractivity contribution is 5.87. The molecule has 1 amide bonds. The highest BCUT2D eigenvalue weighted by Crippen LogP contribution is 2.48. The Morgan fingerprint density at radius 3 is 2.48 bits per heavy atom. The van der Waals surface area contributed by atoms with Gasteiger partial charge in [-0.1, -0.05) is 12.2 Å². The van der Waals surface area contributed by atoms with Crippen LogP contribution in [0.25, 0.3) is 0 Å². The first-order chi connectivity index (χ1) is 10.1. The molecule has 4 aliphatic rings. The second kappa shape index (κ2) is 4.83. The largest absolute Gasteiger partial charge is 0.481 e. The molecule has 0 radical (unpaired) electrons. The molecule has 0 aromatic heterocycles. The van der Waals surface area contributed by atoms with Crippen molar-refractivity contribution in [2.45, 2.75) is 37.8 Å². The van der Waals surface area contributed by atoms with E-state index in [4.69, 9.17) is 0 Å². The van der Waals surface area contributed by atoms with Crippen molar-refractivity contribution in [1.82, 2.24) is 10.2 Å². The van der Waals surface area contributed by atoms with Crippen molar-refractivity contribution in [3.63, 3.8) is 0 Å². The molecule has 5 atom stereocenters. The molecule has 3 unspecified atom stereocenters. The van der Waals surface area contributed by atoms with Gasteiger partial charge < -0.3 is 10.4 Å². The lowest BCUT2D eigenvalue weighted by Crippen LogP contribution is -2.45. The van der Waals surface area contributed by atoms with E-state index in [1.165, 1.54) is 12.8 Å². The third kappa shape index (κ3) is 2.27. The Balaban J connectivity index is 1.40. The van der Waals surface area contributed by atoms with Crippen molar-refractivity contribution in [3.05, 3.63) is 12.2 Å². The first-order valence-corrected chi connectivity index (χ1v) is 8.09. The van der Waals surface area contributed by atoms with Gasteiger partial charge in [0.15, 0.2) is 0 Å². The molecule has 1 aliphatic heterocycles. The van der Waals surface area contributed by atoms with Crippen molar-refractivity contribution >= 4 is 11.9 Å². The van der Waals surface area contributed by atoms with E-state index in [2.05, 4.69) is 10.2 Å². The van der Waals surface area contributed by atoms with Crippen LogP contribution < -0.4 is 5.32 Å². The standard InChI is InChI=1S/C16H22N2O3/c19-15(17-11-5-6-18(8-11)12-3-4-12)13-9-1-2-10(7-9)14(13)16(20)21/h1-2,9-14H,3-8H2,(H,17,19)(H,20,21)/t9?,10?,11?,13-,14+/m0/s1. The number of nitrogens with zero attached hydrogens (tertiary/aromatic N) is 1. The Hall–Kier alpha value is -1.36. The lowest BCUT2D eigenvalue weighted by molar-refractivity contribution is -0.148. The Kier molecular flexibility index (Phi) is 3.06. The molecule has 2 saturated carbocycles. The molecular formula is C16H22N2O3. The number of carbonyl (C=O) groups is 2. The highest BCUT2D eigenvalue weighted by Gasteiger charge is 2.52. The molecule has 5 heteroatoms. The molecule has 2 N–H and O–H groups in total. The van der Waals surface area contributed by atoms with E-state index in [0.29, 0.717) is 0 Å². The summed E-state index contributed by atoms with van der Waals surface area (Å²) < 4.78 is 0. The van der Waals surface area contributed by atoms with Gasteiger partial charge in [-0.05, 0) is 37.5 Å². The lowest BCUT2D eigenvalue weighted by Gasteiger charge is -2.25. The summed E-state index contributed by atoms with van der Waals surface area (Å²) in [6.45, 7) is 2.00. The molecule has 0 aromatic rings. The minimum absolute atomic E-state index is 0.0399. The van der Waals surface area contributed by atoms with Crippen LogP contribution >= 0.6 is 0 Å². The Morgan fingerprint density at radius 2 is 1.81 bits per heavy atom. The van der Waals surface area contributed by atoms with Gasteiger partial charge in [-0.25, -0.2) is 0 Å². The van der Waals surface area contributed by atoms with E-state index < -0.39 is 11.9 Å². The Bertz CT molecular complexity index is 500. The SMILES string of the molecule is O=C(O)[C@@H]1C2C=CC(C2)[C@@H]1C(=O)NC1CCN(C2CC2)C1. The summed E-state index contributed by atoms with van der Waals surface area (Å²) in [5, 5.41) is 12.5. The fraction of sp³-hybridized carbons (Fsp3) is 0.750. The van der Waals surface area contributed by atoms with E-state index in [9.17, 15) is 14.7 Å². The average molecular weight is 290 g/mol. The zero-order valence-electron chi connectivity index (χ0n) is 12.1. The third-order valence-corrected chi connectivity index (χ3v) is 5.68. The van der Waals surface area contributed by atoms with Gasteiger partial charge in [-0.2, -0.15) is 0 Å². The van der Waals surface area contributed by atoms with Gasteiger partial charge >= 0.3 is 5.97 Å². The van der Waals surface area contributed by atoms with E-state index in [1.54, 1.807) is 0 Å². The number of carboxylic acids is 1. The van der Waals surface area contributed by atoms with Crippen LogP contribution in [0.4, 0.5) is 0 Å². The highest BCUT2D eigenvalue weighted by atomic mass is 16.4. The van der Waals surface area contributed by atoms with Gasteiger partial charge in [-0.3, -0.25) is 14.5 Å². The second-order valence-corrected chi connectivity index (χ2v) is 7.06. The summed E-state index contributed by atoms with van der Waals surface area (Å²) in [5.41, 5.74) is 0. The van der Waals surface area contributed by atoms with Gasteiger partial charge in [0.05, 0.1) is 11.8 Å². The zero-order valence-corrected chi connectivity index (χ0v) is 12.1. The Morgan fingerprint density at radius 1 is 1.10 bits per heavy atom. The van der Waals surface area contributed by atoms with Crippen LogP contribution in [-0.4, -0.2) is 47.1 Å². The second-order valence-electron chi connectivity index (χ2n) is 7.06. The number of carboxylic acid groups (broad SMARTS) is 1. The molecule has 5 nitrogen and oxygen atoms in total. The smallest absolute Gasteiger partial charge is 0.307 e. The van der Waals surface area contributed by atoms with Crippen LogP contribution in [0.5, 0.6) is 0 Å². The molecule has 1 saturated heterocycles. The predicted octanol–water partition coefficient (Wildman–Crippen LogP) is 0.862. The molecule has 3 fully saturated rings. The van der Waals surface area contributed by atoms with Crippen molar-refractivity contribution < 1.29 is 14.7 Å². The number of rotatable bonds is 4. The fourth-order valence-corrected chi connectivity index (χ4v) is 4.49. The quantitative estimate of drug-likeness (QED) is 0.754. The van der Waals surface area contributed by atoms with Crippen LogP contribution in [-0.2, 0) is 9.59 Å². The number of aliphatic carboxylic acids is 1. The zero-order chi connectivity index (χ0) is 14.6. The molecular weight excluding hydrogens is 268 g/mol. The third-order valence-electron chi connectivity index (χ3n) is 5.68. The van der Waals surface area contributed by atoms with Gasteiger partial charge in [0.2, 0.25) is 5.91 Å². The summed E-state index contributed by atoms with van der Waals surface area (Å²) in [7, 11) is 0. The number of hydrogen-bond donors (Lipinski definition) is 2. The number of amides is 1. The van der Waals surface area contributed by atoms with Gasteiger partial charge in [-0.15, -0.1) is 0 Å². The van der Waals surface area contributed by atoms with E-state index in [1.807, 2.05) is 12.2 Å². The van der Waals surface area contributed by atoms with Gasteiger partial charge in [0.25, 0.3) is 0 Å². The van der Waals surface area contributed by atoms with Crippen molar-refractivity contribution in [2.75, 3.05) is 13.1 Å². The minimum Gasteiger partial charge on any atom is -0.481 e.